The molecule has 2 aromatic carbocycles. The van der Waals surface area contributed by atoms with Crippen LogP contribution < -0.4 is 16.4 Å². The van der Waals surface area contributed by atoms with Gasteiger partial charge < -0.3 is 10.6 Å². The Kier molecular flexibility index (Phi) is 4.24. The smallest absolute Gasteiger partial charge is 0.277 e. The molecule has 1 aliphatic heterocycles. The average Bonchev–Trinajstić information content (AvgIpc) is 2.72. The van der Waals surface area contributed by atoms with Crippen molar-refractivity contribution in [2.45, 2.75) is 18.6 Å². The molecule has 6 heteroatoms. The van der Waals surface area contributed by atoms with E-state index in [1.165, 1.54) is 11.8 Å². The second-order valence-corrected chi connectivity index (χ2v) is 6.13. The maximum Gasteiger partial charge on any atom is 0.277 e. The van der Waals surface area contributed by atoms with Crippen molar-refractivity contribution in [3.8, 4) is 0 Å². The van der Waals surface area contributed by atoms with E-state index in [2.05, 4.69) is 4.99 Å². The minimum Gasteiger partial charge on any atom is -0.322 e. The van der Waals surface area contributed by atoms with Crippen molar-refractivity contribution in [3.63, 3.8) is 0 Å². The topological polar surface area (TPSA) is 102 Å². The lowest BCUT2D eigenvalue weighted by Crippen LogP contribution is -2.62. The number of likely N-dealkylation sites (N-methyl/N-ethyl adjacent to an activating group) is 1. The molecule has 0 bridgehead atoms. The maximum atomic E-state index is 13.0. The second-order valence-electron chi connectivity index (χ2n) is 6.13. The van der Waals surface area contributed by atoms with E-state index in [-0.39, 0.29) is 0 Å². The number of benzene rings is 2. The van der Waals surface area contributed by atoms with E-state index in [1.807, 2.05) is 48.5 Å². The number of nitrogens with zero attached hydrogens (tertiary/aromatic N) is 2. The number of hydrogen-bond acceptors (Lipinski definition) is 5. The van der Waals surface area contributed by atoms with Gasteiger partial charge in [-0.3, -0.25) is 15.3 Å². The molecule has 25 heavy (non-hydrogen) atoms. The molecule has 0 fully saturated rings. The quantitative estimate of drug-likeness (QED) is 0.819. The van der Waals surface area contributed by atoms with Gasteiger partial charge in [0.05, 0.1) is 17.4 Å². The highest BCUT2D eigenvalue weighted by Gasteiger charge is 2.47. The van der Waals surface area contributed by atoms with Gasteiger partial charge in [-0.2, -0.15) is 0 Å². The first kappa shape index (κ1) is 17.0. The van der Waals surface area contributed by atoms with Gasteiger partial charge in [-0.05, 0) is 13.0 Å². The minimum absolute atomic E-state index is 0.491. The lowest BCUT2D eigenvalue weighted by atomic mass is 9.98. The lowest BCUT2D eigenvalue weighted by molar-refractivity contribution is -0.134. The SMILES string of the molecule is C[C@H](N)C(=O)[C@]1(N)N=C(c2ccccc2)c2ccccc2N(C)C1=O. The Balaban J connectivity index is 2.32. The molecule has 0 saturated carbocycles. The lowest BCUT2D eigenvalue weighted by Gasteiger charge is -2.27. The number of carbonyl (C=O) groups excluding carboxylic acids is 2. The van der Waals surface area contributed by atoms with Crippen LogP contribution in [0.3, 0.4) is 0 Å². The van der Waals surface area contributed by atoms with Crippen LogP contribution in [-0.2, 0) is 9.59 Å². The highest BCUT2D eigenvalue weighted by molar-refractivity contribution is 6.26. The number of ketones is 1. The number of nitrogens with two attached hydrogens (primary N) is 2. The Morgan fingerprint density at radius 2 is 1.72 bits per heavy atom. The van der Waals surface area contributed by atoms with Crippen molar-refractivity contribution in [1.82, 2.24) is 0 Å². The number of aliphatic imine (C=N–C) groups is 1. The van der Waals surface area contributed by atoms with Gasteiger partial charge in [-0.15, -0.1) is 0 Å². The molecule has 3 rings (SSSR count). The minimum atomic E-state index is -2.06. The Morgan fingerprint density at radius 1 is 1.12 bits per heavy atom. The number of anilines is 1. The number of carbonyl (C=O) groups is 2. The van der Waals surface area contributed by atoms with Crippen molar-refractivity contribution in [2.75, 3.05) is 11.9 Å². The first-order chi connectivity index (χ1) is 11.9. The highest BCUT2D eigenvalue weighted by Crippen LogP contribution is 2.30. The molecule has 1 amide bonds. The summed E-state index contributed by atoms with van der Waals surface area (Å²) in [5, 5.41) is 0. The molecule has 0 unspecified atom stereocenters. The van der Waals surface area contributed by atoms with Crippen LogP contribution in [0.4, 0.5) is 5.69 Å². The first-order valence-electron chi connectivity index (χ1n) is 7.98. The molecule has 2 atom stereocenters. The summed E-state index contributed by atoms with van der Waals surface area (Å²) >= 11 is 0. The molecule has 0 saturated heterocycles. The van der Waals surface area contributed by atoms with E-state index in [0.29, 0.717) is 11.4 Å². The van der Waals surface area contributed by atoms with Crippen molar-refractivity contribution in [1.29, 1.82) is 0 Å². The zero-order valence-electron chi connectivity index (χ0n) is 14.1. The molecule has 0 spiro atoms. The monoisotopic (exact) mass is 336 g/mol. The summed E-state index contributed by atoms with van der Waals surface area (Å²) in [6.45, 7) is 1.50. The summed E-state index contributed by atoms with van der Waals surface area (Å²) < 4.78 is 0. The van der Waals surface area contributed by atoms with E-state index >= 15 is 0 Å². The fourth-order valence-electron chi connectivity index (χ4n) is 2.94. The average molecular weight is 336 g/mol. The van der Waals surface area contributed by atoms with Crippen LogP contribution in [0.25, 0.3) is 0 Å². The highest BCUT2D eigenvalue weighted by atomic mass is 16.2. The van der Waals surface area contributed by atoms with Crippen LogP contribution in [0.2, 0.25) is 0 Å². The van der Waals surface area contributed by atoms with E-state index in [0.717, 1.165) is 11.1 Å². The number of amides is 1. The molecule has 0 radical (unpaired) electrons. The van der Waals surface area contributed by atoms with Crippen LogP contribution >= 0.6 is 0 Å². The molecule has 0 aromatic heterocycles. The Labute approximate surface area is 146 Å². The molecule has 6 nitrogen and oxygen atoms in total. The summed E-state index contributed by atoms with van der Waals surface area (Å²) in [6, 6.07) is 15.8. The Bertz CT molecular complexity index is 861. The summed E-state index contributed by atoms with van der Waals surface area (Å²) in [5.41, 5.74) is 12.5. The van der Waals surface area contributed by atoms with Gasteiger partial charge in [0.25, 0.3) is 5.91 Å². The summed E-state index contributed by atoms with van der Waals surface area (Å²) in [4.78, 5) is 31.4. The first-order valence-corrected chi connectivity index (χ1v) is 7.98. The van der Waals surface area contributed by atoms with Crippen LogP contribution in [0.1, 0.15) is 18.1 Å². The third kappa shape index (κ3) is 2.75. The van der Waals surface area contributed by atoms with Crippen LogP contribution in [0.15, 0.2) is 59.6 Å². The van der Waals surface area contributed by atoms with E-state index < -0.39 is 23.4 Å². The molecule has 2 aromatic rings. The molecule has 4 N–H and O–H groups in total. The van der Waals surface area contributed by atoms with Gasteiger partial charge in [0.15, 0.2) is 0 Å². The number of rotatable bonds is 3. The van der Waals surface area contributed by atoms with E-state index in [9.17, 15) is 9.59 Å². The number of benzodiazepines with no additional fused rings is 1. The Hall–Kier alpha value is -2.83. The van der Waals surface area contributed by atoms with Gasteiger partial charge in [0.2, 0.25) is 11.4 Å². The van der Waals surface area contributed by atoms with E-state index in [4.69, 9.17) is 11.5 Å². The zero-order chi connectivity index (χ0) is 18.2. The van der Waals surface area contributed by atoms with Gasteiger partial charge in [-0.25, -0.2) is 4.99 Å². The molecule has 128 valence electrons. The summed E-state index contributed by atoms with van der Waals surface area (Å²) in [6.07, 6.45) is 0. The van der Waals surface area contributed by atoms with Crippen LogP contribution in [-0.4, -0.2) is 36.2 Å². The zero-order valence-corrected chi connectivity index (χ0v) is 14.1. The van der Waals surface area contributed by atoms with Gasteiger partial charge in [-0.1, -0.05) is 48.5 Å². The summed E-state index contributed by atoms with van der Waals surface area (Å²) in [5.74, 6) is -1.22. The molecule has 1 heterocycles. The predicted molar refractivity (Wildman–Crippen MR) is 97.5 cm³/mol. The fraction of sp³-hybridized carbons (Fsp3) is 0.211. The third-order valence-corrected chi connectivity index (χ3v) is 4.28. The van der Waals surface area contributed by atoms with Gasteiger partial charge in [0.1, 0.15) is 0 Å². The van der Waals surface area contributed by atoms with Crippen LogP contribution in [0.5, 0.6) is 0 Å². The van der Waals surface area contributed by atoms with Crippen molar-refractivity contribution < 1.29 is 9.59 Å². The van der Waals surface area contributed by atoms with Gasteiger partial charge >= 0.3 is 0 Å². The molecule has 0 aliphatic carbocycles. The largest absolute Gasteiger partial charge is 0.322 e. The normalized spacial score (nSPS) is 21.2. The molecular weight excluding hydrogens is 316 g/mol. The van der Waals surface area contributed by atoms with Crippen molar-refractivity contribution in [3.05, 3.63) is 65.7 Å². The summed E-state index contributed by atoms with van der Waals surface area (Å²) in [7, 11) is 1.58. The van der Waals surface area contributed by atoms with Crippen LogP contribution in [0, 0.1) is 0 Å². The number of fused-ring (bicyclic) bond motifs is 1. The predicted octanol–water partition coefficient (Wildman–Crippen LogP) is 1.07. The van der Waals surface area contributed by atoms with Crippen molar-refractivity contribution in [2.24, 2.45) is 16.5 Å². The number of Topliss-reactive ketones (excluding diaryl/α,β-unsaturated/α-hetero) is 1. The van der Waals surface area contributed by atoms with Gasteiger partial charge in [0, 0.05) is 18.2 Å². The van der Waals surface area contributed by atoms with Crippen molar-refractivity contribution >= 4 is 23.1 Å². The molecule has 1 aliphatic rings. The fourth-order valence-corrected chi connectivity index (χ4v) is 2.94. The van der Waals surface area contributed by atoms with E-state index in [1.54, 1.807) is 13.1 Å². The maximum absolute atomic E-state index is 13.0. The standard InChI is InChI=1S/C19H20N4O2/c1-12(20)17(24)19(21)18(25)23(2)15-11-7-6-10-14(15)16(22-19)13-8-4-3-5-9-13/h3-12H,20-21H2,1-2H3/t12-,19-/m0/s1. The Morgan fingerprint density at radius 3 is 2.36 bits per heavy atom. The second kappa shape index (κ2) is 6.23. The number of para-hydroxylation sites is 1. The molecular formula is C19H20N4O2. The number of hydrogen-bond donors (Lipinski definition) is 2. The third-order valence-electron chi connectivity index (χ3n) is 4.28.